The number of methoxy groups -OCH3 is 3. The predicted octanol–water partition coefficient (Wildman–Crippen LogP) is 3.99. The molecule has 0 aliphatic heterocycles. The van der Waals surface area contributed by atoms with Gasteiger partial charge in [-0.1, -0.05) is 18.2 Å². The third-order valence-electron chi connectivity index (χ3n) is 5.72. The van der Waals surface area contributed by atoms with E-state index in [1.165, 1.54) is 0 Å². The summed E-state index contributed by atoms with van der Waals surface area (Å²) in [7, 11) is 6.95. The second kappa shape index (κ2) is 7.35. The Hall–Kier alpha value is -3.15. The Morgan fingerprint density at radius 3 is 2.48 bits per heavy atom. The van der Waals surface area contributed by atoms with E-state index < -0.39 is 0 Å². The molecule has 0 saturated carbocycles. The largest absolute Gasteiger partial charge is 0.493 e. The number of benzene rings is 2. The lowest BCUT2D eigenvalue weighted by Crippen LogP contribution is -2.26. The average molecular weight is 394 g/mol. The minimum atomic E-state index is -0.0947. The Balaban J connectivity index is 2.13. The van der Waals surface area contributed by atoms with E-state index in [4.69, 9.17) is 14.2 Å². The van der Waals surface area contributed by atoms with Crippen molar-refractivity contribution >= 4 is 16.8 Å². The van der Waals surface area contributed by atoms with Crippen LogP contribution in [0.1, 0.15) is 30.5 Å². The number of aromatic nitrogens is 1. The van der Waals surface area contributed by atoms with Gasteiger partial charge in [-0.25, -0.2) is 0 Å². The molecule has 152 valence electrons. The molecule has 4 rings (SSSR count). The Bertz CT molecular complexity index is 1100. The lowest BCUT2D eigenvalue weighted by molar-refractivity contribution is -0.119. The first-order chi connectivity index (χ1) is 14.0. The van der Waals surface area contributed by atoms with Crippen molar-refractivity contribution in [2.75, 3.05) is 21.3 Å². The van der Waals surface area contributed by atoms with E-state index in [9.17, 15) is 4.79 Å². The van der Waals surface area contributed by atoms with Crippen LogP contribution in [0.25, 0.3) is 22.2 Å². The number of para-hydroxylation sites is 1. The summed E-state index contributed by atoms with van der Waals surface area (Å²) < 4.78 is 19.3. The molecule has 0 spiro atoms. The summed E-state index contributed by atoms with van der Waals surface area (Å²) in [6.45, 7) is 1.56. The van der Waals surface area contributed by atoms with Crippen molar-refractivity contribution in [1.82, 2.24) is 9.88 Å². The van der Waals surface area contributed by atoms with Gasteiger partial charge in [0.05, 0.1) is 33.1 Å². The maximum Gasteiger partial charge on any atom is 0.217 e. The number of carbonyl (C=O) groups is 1. The Morgan fingerprint density at radius 1 is 1.10 bits per heavy atom. The molecule has 1 aromatic heterocycles. The van der Waals surface area contributed by atoms with Crippen molar-refractivity contribution in [3.63, 3.8) is 0 Å². The molecule has 2 aromatic carbocycles. The van der Waals surface area contributed by atoms with Crippen molar-refractivity contribution in [2.45, 2.75) is 25.8 Å². The quantitative estimate of drug-likeness (QED) is 0.727. The van der Waals surface area contributed by atoms with Crippen LogP contribution in [-0.2, 0) is 18.3 Å². The molecule has 1 heterocycles. The smallest absolute Gasteiger partial charge is 0.217 e. The standard InChI is InChI=1S/C23H26N2O4/c1-13(26)24-16-11-10-14-12-18(27-3)22(28-4)23(29-5)19(14)21-20(16)15-8-6-7-9-17(15)25(21)2/h6-9,12,16H,10-11H2,1-5H3,(H,24,26)/t16-/m0/s1. The van der Waals surface area contributed by atoms with Gasteiger partial charge in [0.15, 0.2) is 11.5 Å². The maximum absolute atomic E-state index is 12.0. The summed E-state index contributed by atoms with van der Waals surface area (Å²) in [6, 6.07) is 10.2. The van der Waals surface area contributed by atoms with Gasteiger partial charge in [0.25, 0.3) is 0 Å². The van der Waals surface area contributed by atoms with Crippen LogP contribution in [0.3, 0.4) is 0 Å². The van der Waals surface area contributed by atoms with Crippen molar-refractivity contribution < 1.29 is 19.0 Å². The lowest BCUT2D eigenvalue weighted by Gasteiger charge is -2.20. The number of rotatable bonds is 4. The van der Waals surface area contributed by atoms with E-state index in [0.717, 1.165) is 46.1 Å². The number of nitrogens with one attached hydrogen (secondary N) is 1. The van der Waals surface area contributed by atoms with E-state index in [2.05, 4.69) is 29.1 Å². The van der Waals surface area contributed by atoms with Gasteiger partial charge < -0.3 is 24.1 Å². The average Bonchev–Trinajstić information content (AvgIpc) is 2.91. The molecule has 0 radical (unpaired) electrons. The molecule has 0 bridgehead atoms. The molecule has 0 saturated heterocycles. The highest BCUT2D eigenvalue weighted by molar-refractivity contribution is 5.96. The molecular weight excluding hydrogens is 368 g/mol. The summed E-state index contributed by atoms with van der Waals surface area (Å²) >= 11 is 0. The SMILES string of the molecule is COc1cc2c(c(OC)c1OC)-c1c(c3ccccc3n1C)[C@@H](NC(C)=O)CC2. The number of ether oxygens (including phenoxy) is 3. The highest BCUT2D eigenvalue weighted by atomic mass is 16.5. The molecule has 6 nitrogen and oxygen atoms in total. The Kier molecular flexibility index (Phi) is 4.86. The number of fused-ring (bicyclic) bond motifs is 5. The first kappa shape index (κ1) is 19.2. The first-order valence-electron chi connectivity index (χ1n) is 9.68. The monoisotopic (exact) mass is 394 g/mol. The molecule has 1 aliphatic rings. The van der Waals surface area contributed by atoms with Crippen LogP contribution in [0, 0.1) is 0 Å². The van der Waals surface area contributed by atoms with Gasteiger partial charge in [0.2, 0.25) is 11.7 Å². The van der Waals surface area contributed by atoms with Gasteiger partial charge in [0.1, 0.15) is 0 Å². The molecule has 29 heavy (non-hydrogen) atoms. The predicted molar refractivity (Wildman–Crippen MR) is 113 cm³/mol. The van der Waals surface area contributed by atoms with Gasteiger partial charge in [-0.2, -0.15) is 0 Å². The summed E-state index contributed by atoms with van der Waals surface area (Å²) in [6.07, 6.45) is 1.56. The third-order valence-corrected chi connectivity index (χ3v) is 5.72. The third kappa shape index (κ3) is 2.90. The van der Waals surface area contributed by atoms with Crippen molar-refractivity contribution in [3.05, 3.63) is 41.5 Å². The van der Waals surface area contributed by atoms with Gasteiger partial charge in [-0.05, 0) is 30.5 Å². The van der Waals surface area contributed by atoms with Crippen LogP contribution in [0.15, 0.2) is 30.3 Å². The Labute approximate surface area is 170 Å². The van der Waals surface area contributed by atoms with E-state index in [0.29, 0.717) is 17.2 Å². The summed E-state index contributed by atoms with van der Waals surface area (Å²) in [5.41, 5.74) is 5.36. The molecule has 0 unspecified atom stereocenters. The van der Waals surface area contributed by atoms with Crippen LogP contribution in [-0.4, -0.2) is 31.8 Å². The number of aryl methyl sites for hydroxylation is 2. The van der Waals surface area contributed by atoms with Crippen LogP contribution >= 0.6 is 0 Å². The molecule has 1 N–H and O–H groups in total. The number of carbonyl (C=O) groups excluding carboxylic acids is 1. The maximum atomic E-state index is 12.0. The van der Waals surface area contributed by atoms with Crippen LogP contribution in [0.2, 0.25) is 0 Å². The van der Waals surface area contributed by atoms with Gasteiger partial charge >= 0.3 is 0 Å². The summed E-state index contributed by atoms with van der Waals surface area (Å²) in [4.78, 5) is 12.0. The molecule has 6 heteroatoms. The number of hydrogen-bond acceptors (Lipinski definition) is 4. The zero-order chi connectivity index (χ0) is 20.7. The first-order valence-corrected chi connectivity index (χ1v) is 9.68. The second-order valence-corrected chi connectivity index (χ2v) is 7.31. The Morgan fingerprint density at radius 2 is 1.83 bits per heavy atom. The van der Waals surface area contributed by atoms with Crippen molar-refractivity contribution in [3.8, 4) is 28.5 Å². The van der Waals surface area contributed by atoms with Gasteiger partial charge in [-0.3, -0.25) is 4.79 Å². The lowest BCUT2D eigenvalue weighted by atomic mass is 9.98. The van der Waals surface area contributed by atoms with Gasteiger partial charge in [-0.15, -0.1) is 0 Å². The number of hydrogen-bond donors (Lipinski definition) is 1. The fourth-order valence-corrected chi connectivity index (χ4v) is 4.58. The fourth-order valence-electron chi connectivity index (χ4n) is 4.58. The van der Waals surface area contributed by atoms with E-state index in [-0.39, 0.29) is 11.9 Å². The zero-order valence-corrected chi connectivity index (χ0v) is 17.5. The number of nitrogens with zero attached hydrogens (tertiary/aromatic N) is 1. The highest BCUT2D eigenvalue weighted by Gasteiger charge is 2.33. The van der Waals surface area contributed by atoms with E-state index >= 15 is 0 Å². The highest BCUT2D eigenvalue weighted by Crippen LogP contribution is 2.52. The van der Waals surface area contributed by atoms with Crippen molar-refractivity contribution in [2.24, 2.45) is 7.05 Å². The van der Waals surface area contributed by atoms with E-state index in [1.807, 2.05) is 18.2 Å². The number of amides is 1. The molecule has 0 fully saturated rings. The van der Waals surface area contributed by atoms with Crippen LogP contribution < -0.4 is 19.5 Å². The molecule has 1 amide bonds. The van der Waals surface area contributed by atoms with Gasteiger partial charge in [0, 0.05) is 36.0 Å². The summed E-state index contributed by atoms with van der Waals surface area (Å²) in [5, 5.41) is 4.29. The topological polar surface area (TPSA) is 61.7 Å². The molecule has 3 aromatic rings. The van der Waals surface area contributed by atoms with Crippen molar-refractivity contribution in [1.29, 1.82) is 0 Å². The second-order valence-electron chi connectivity index (χ2n) is 7.31. The fraction of sp³-hybridized carbons (Fsp3) is 0.348. The molecule has 1 aliphatic carbocycles. The molecular formula is C23H26N2O4. The summed E-state index contributed by atoms with van der Waals surface area (Å²) in [5.74, 6) is 1.82. The molecule has 1 atom stereocenters. The zero-order valence-electron chi connectivity index (χ0n) is 17.5. The van der Waals surface area contributed by atoms with Crippen LogP contribution in [0.5, 0.6) is 17.2 Å². The minimum absolute atomic E-state index is 0.0398. The normalized spacial score (nSPS) is 15.3. The van der Waals surface area contributed by atoms with E-state index in [1.54, 1.807) is 28.3 Å². The minimum Gasteiger partial charge on any atom is -0.493 e. The van der Waals surface area contributed by atoms with Crippen LogP contribution in [0.4, 0.5) is 0 Å².